The van der Waals surface area contributed by atoms with E-state index in [1.807, 2.05) is 0 Å². The summed E-state index contributed by atoms with van der Waals surface area (Å²) in [4.78, 5) is 2.48. The van der Waals surface area contributed by atoms with Crippen LogP contribution in [0.2, 0.25) is 0 Å². The fraction of sp³-hybridized carbons (Fsp3) is 1.00. The Morgan fingerprint density at radius 3 is 1.69 bits per heavy atom. The third-order valence-electron chi connectivity index (χ3n) is 2.52. The highest BCUT2D eigenvalue weighted by atomic mass is 15.2. The molecule has 0 amide bonds. The average molecular weight is 186 g/mol. The van der Waals surface area contributed by atoms with Crippen molar-refractivity contribution in [1.82, 2.24) is 4.90 Å². The first kappa shape index (κ1) is 12.9. The highest BCUT2D eigenvalue weighted by Crippen LogP contribution is 2.10. The third kappa shape index (κ3) is 4.63. The van der Waals surface area contributed by atoms with Gasteiger partial charge in [-0.25, -0.2) is 0 Å². The van der Waals surface area contributed by atoms with Crippen LogP contribution in [0.15, 0.2) is 0 Å². The average Bonchev–Trinajstić information content (AvgIpc) is 1.97. The van der Waals surface area contributed by atoms with Gasteiger partial charge in [0.15, 0.2) is 0 Å². The molecule has 0 aliphatic rings. The number of rotatable bonds is 5. The molecule has 0 spiro atoms. The van der Waals surface area contributed by atoms with Gasteiger partial charge in [0.1, 0.15) is 0 Å². The van der Waals surface area contributed by atoms with Crippen LogP contribution in [0.5, 0.6) is 0 Å². The Kier molecular flexibility index (Phi) is 5.57. The van der Waals surface area contributed by atoms with Crippen LogP contribution in [0.25, 0.3) is 0 Å². The van der Waals surface area contributed by atoms with E-state index in [1.165, 1.54) is 0 Å². The number of hydrogen-bond acceptors (Lipinski definition) is 2. The zero-order valence-electron chi connectivity index (χ0n) is 10.0. The Bertz CT molecular complexity index is 130. The van der Waals surface area contributed by atoms with Gasteiger partial charge < -0.3 is 5.73 Å². The topological polar surface area (TPSA) is 29.3 Å². The molecule has 2 atom stereocenters. The van der Waals surface area contributed by atoms with Crippen LogP contribution in [0.1, 0.15) is 41.5 Å². The van der Waals surface area contributed by atoms with E-state index in [9.17, 15) is 0 Å². The summed E-state index contributed by atoms with van der Waals surface area (Å²) < 4.78 is 0. The molecule has 2 heteroatoms. The van der Waals surface area contributed by atoms with Crippen molar-refractivity contribution in [3.63, 3.8) is 0 Å². The summed E-state index contributed by atoms with van der Waals surface area (Å²) in [6.07, 6.45) is 0. The molecule has 0 aromatic carbocycles. The normalized spacial score (nSPS) is 17.1. The minimum absolute atomic E-state index is 0.251. The van der Waals surface area contributed by atoms with E-state index in [0.29, 0.717) is 18.0 Å². The van der Waals surface area contributed by atoms with Crippen LogP contribution in [-0.2, 0) is 0 Å². The van der Waals surface area contributed by atoms with Crippen molar-refractivity contribution in [3.8, 4) is 0 Å². The number of nitrogens with two attached hydrogens (primary N) is 1. The van der Waals surface area contributed by atoms with E-state index >= 15 is 0 Å². The van der Waals surface area contributed by atoms with Crippen molar-refractivity contribution in [3.05, 3.63) is 0 Å². The molecule has 0 rings (SSSR count). The van der Waals surface area contributed by atoms with Gasteiger partial charge >= 0.3 is 0 Å². The lowest BCUT2D eigenvalue weighted by Crippen LogP contribution is -2.49. The van der Waals surface area contributed by atoms with Crippen molar-refractivity contribution in [1.29, 1.82) is 0 Å². The first-order chi connectivity index (χ1) is 5.86. The molecule has 2 unspecified atom stereocenters. The van der Waals surface area contributed by atoms with Crippen molar-refractivity contribution in [2.75, 3.05) is 6.54 Å². The SMILES string of the molecule is CC(C)CN(C(C)C)C(C)C(C)N. The zero-order valence-corrected chi connectivity index (χ0v) is 10.0. The second kappa shape index (κ2) is 5.61. The second-order valence-electron chi connectivity index (χ2n) is 4.78. The molecule has 80 valence electrons. The predicted octanol–water partition coefficient (Wildman–Crippen LogP) is 2.09. The Hall–Kier alpha value is -0.0800. The molecule has 13 heavy (non-hydrogen) atoms. The Morgan fingerprint density at radius 1 is 1.00 bits per heavy atom. The van der Waals surface area contributed by atoms with Crippen molar-refractivity contribution < 1.29 is 0 Å². The molecular weight excluding hydrogens is 160 g/mol. The van der Waals surface area contributed by atoms with E-state index in [2.05, 4.69) is 46.4 Å². The molecule has 0 fully saturated rings. The summed E-state index contributed by atoms with van der Waals surface area (Å²) in [7, 11) is 0. The summed E-state index contributed by atoms with van der Waals surface area (Å²) >= 11 is 0. The Labute approximate surface area is 83.5 Å². The van der Waals surface area contributed by atoms with Gasteiger partial charge in [-0.15, -0.1) is 0 Å². The molecule has 2 nitrogen and oxygen atoms in total. The van der Waals surface area contributed by atoms with Gasteiger partial charge in [0, 0.05) is 24.7 Å². The first-order valence-corrected chi connectivity index (χ1v) is 5.37. The predicted molar refractivity (Wildman–Crippen MR) is 59.8 cm³/mol. The maximum absolute atomic E-state index is 5.91. The summed E-state index contributed by atoms with van der Waals surface area (Å²) in [5.74, 6) is 0.712. The quantitative estimate of drug-likeness (QED) is 0.712. The largest absolute Gasteiger partial charge is 0.327 e. The van der Waals surface area contributed by atoms with Crippen LogP contribution in [0.3, 0.4) is 0 Å². The summed E-state index contributed by atoms with van der Waals surface area (Å²) in [5.41, 5.74) is 5.91. The van der Waals surface area contributed by atoms with E-state index in [1.54, 1.807) is 0 Å². The maximum atomic E-state index is 5.91. The molecule has 0 aliphatic heterocycles. The summed E-state index contributed by atoms with van der Waals surface area (Å²) in [6, 6.07) is 1.31. The molecular formula is C11H26N2. The maximum Gasteiger partial charge on any atom is 0.0219 e. The first-order valence-electron chi connectivity index (χ1n) is 5.37. The van der Waals surface area contributed by atoms with Crippen LogP contribution in [-0.4, -0.2) is 29.6 Å². The molecule has 0 aliphatic carbocycles. The molecule has 2 N–H and O–H groups in total. The zero-order chi connectivity index (χ0) is 10.6. The fourth-order valence-corrected chi connectivity index (χ4v) is 1.57. The van der Waals surface area contributed by atoms with E-state index < -0.39 is 0 Å². The highest BCUT2D eigenvalue weighted by molar-refractivity contribution is 4.78. The second-order valence-corrected chi connectivity index (χ2v) is 4.78. The number of nitrogens with zero attached hydrogens (tertiary/aromatic N) is 1. The molecule has 0 heterocycles. The van der Waals surface area contributed by atoms with Gasteiger partial charge in [0.05, 0.1) is 0 Å². The van der Waals surface area contributed by atoms with Gasteiger partial charge in [-0.1, -0.05) is 13.8 Å². The molecule has 0 saturated heterocycles. The van der Waals surface area contributed by atoms with Crippen LogP contribution in [0.4, 0.5) is 0 Å². The smallest absolute Gasteiger partial charge is 0.0219 e. The lowest BCUT2D eigenvalue weighted by Gasteiger charge is -2.36. The van der Waals surface area contributed by atoms with Crippen molar-refractivity contribution >= 4 is 0 Å². The van der Waals surface area contributed by atoms with Crippen LogP contribution < -0.4 is 5.73 Å². The van der Waals surface area contributed by atoms with Gasteiger partial charge in [-0.3, -0.25) is 4.90 Å². The van der Waals surface area contributed by atoms with Gasteiger partial charge in [-0.05, 0) is 33.6 Å². The minimum Gasteiger partial charge on any atom is -0.327 e. The Morgan fingerprint density at radius 2 is 1.46 bits per heavy atom. The summed E-state index contributed by atoms with van der Waals surface area (Å²) in [6.45, 7) is 14.4. The van der Waals surface area contributed by atoms with Crippen molar-refractivity contribution in [2.24, 2.45) is 11.7 Å². The molecule has 0 radical (unpaired) electrons. The molecule has 0 saturated carbocycles. The van der Waals surface area contributed by atoms with E-state index in [-0.39, 0.29) is 6.04 Å². The van der Waals surface area contributed by atoms with Gasteiger partial charge in [0.2, 0.25) is 0 Å². The summed E-state index contributed by atoms with van der Waals surface area (Å²) in [5, 5.41) is 0. The van der Waals surface area contributed by atoms with Crippen molar-refractivity contribution in [2.45, 2.75) is 59.7 Å². The molecule has 0 aromatic heterocycles. The monoisotopic (exact) mass is 186 g/mol. The molecule has 0 bridgehead atoms. The van der Waals surface area contributed by atoms with Crippen LogP contribution >= 0.6 is 0 Å². The fourth-order valence-electron chi connectivity index (χ4n) is 1.57. The third-order valence-corrected chi connectivity index (χ3v) is 2.52. The number of hydrogen-bond donors (Lipinski definition) is 1. The highest BCUT2D eigenvalue weighted by Gasteiger charge is 2.20. The lowest BCUT2D eigenvalue weighted by molar-refractivity contribution is 0.130. The molecule has 0 aromatic rings. The van der Waals surface area contributed by atoms with Gasteiger partial charge in [0.25, 0.3) is 0 Å². The lowest BCUT2D eigenvalue weighted by atomic mass is 10.1. The minimum atomic E-state index is 0.251. The standard InChI is InChI=1S/C11H26N2/c1-8(2)7-13(9(3)4)11(6)10(5)12/h8-11H,7,12H2,1-6H3. The Balaban J connectivity index is 4.24. The van der Waals surface area contributed by atoms with E-state index in [4.69, 9.17) is 5.73 Å². The van der Waals surface area contributed by atoms with Crippen LogP contribution in [0, 0.1) is 5.92 Å². The van der Waals surface area contributed by atoms with E-state index in [0.717, 1.165) is 6.54 Å². The van der Waals surface area contributed by atoms with Gasteiger partial charge in [-0.2, -0.15) is 0 Å².